The summed E-state index contributed by atoms with van der Waals surface area (Å²) in [6, 6.07) is 0. The van der Waals surface area contributed by atoms with Crippen molar-refractivity contribution in [2.24, 2.45) is 11.5 Å². The highest BCUT2D eigenvalue weighted by Crippen LogP contribution is 1.77. The molecule has 0 unspecified atom stereocenters. The molecule has 0 saturated carbocycles. The lowest BCUT2D eigenvalue weighted by Crippen LogP contribution is -2.03. The molecule has 64 valence electrons. The van der Waals surface area contributed by atoms with E-state index in [4.69, 9.17) is 11.5 Å². The van der Waals surface area contributed by atoms with Gasteiger partial charge in [0.15, 0.2) is 0 Å². The predicted octanol–water partition coefficient (Wildman–Crippen LogP) is -0.138. The van der Waals surface area contributed by atoms with Crippen LogP contribution in [0, 0.1) is 0 Å². The molecule has 0 bridgehead atoms. The largest absolute Gasteiger partial charge is 0.330 e. The van der Waals surface area contributed by atoms with Gasteiger partial charge in [0.1, 0.15) is 0 Å². The third-order valence-corrected chi connectivity index (χ3v) is 0.658. The molecule has 0 atom stereocenters. The van der Waals surface area contributed by atoms with Crippen molar-refractivity contribution in [3.05, 3.63) is 0 Å². The molecule has 0 aromatic carbocycles. The van der Waals surface area contributed by atoms with Gasteiger partial charge in [-0.1, -0.05) is 0 Å². The Morgan fingerprint density at radius 3 is 1.20 bits per heavy atom. The summed E-state index contributed by atoms with van der Waals surface area (Å²) in [5.74, 6) is 0. The Morgan fingerprint density at radius 1 is 0.900 bits per heavy atom. The third kappa shape index (κ3) is 45.0. The second-order valence-corrected chi connectivity index (χ2v) is 2.63. The maximum Gasteiger partial charge on any atom is -0.00768 e. The lowest BCUT2D eigenvalue weighted by atomic mass is 10.3. The average Bonchev–Trinajstić information content (AvgIpc) is 1.82. The third-order valence-electron chi connectivity index (χ3n) is 0.658. The van der Waals surface area contributed by atoms with Crippen LogP contribution in [0.15, 0.2) is 0 Å². The second kappa shape index (κ2) is 11.6. The molecule has 0 aliphatic rings. The van der Waals surface area contributed by atoms with Crippen LogP contribution in [-0.2, 0) is 0 Å². The summed E-state index contributed by atoms with van der Waals surface area (Å²) in [6.45, 7) is 1.55. The molecule has 3 nitrogen and oxygen atoms in total. The maximum atomic E-state index is 5.16. The van der Waals surface area contributed by atoms with Gasteiger partial charge in [-0.15, -0.1) is 0 Å². The van der Waals surface area contributed by atoms with Crippen molar-refractivity contribution in [3.8, 4) is 0 Å². The summed E-state index contributed by atoms with van der Waals surface area (Å²) in [5, 5.41) is 0. The van der Waals surface area contributed by atoms with Gasteiger partial charge in [0.25, 0.3) is 0 Å². The molecule has 0 fully saturated rings. The van der Waals surface area contributed by atoms with E-state index < -0.39 is 0 Å². The molecule has 0 aromatic rings. The number of nitrogens with zero attached hydrogens (tertiary/aromatic N) is 1. The summed E-state index contributed by atoms with van der Waals surface area (Å²) in [6.07, 6.45) is 2.13. The number of hydrogen-bond acceptors (Lipinski definition) is 3. The Balaban J connectivity index is 0. The van der Waals surface area contributed by atoms with Crippen molar-refractivity contribution in [2.75, 3.05) is 34.2 Å². The second-order valence-electron chi connectivity index (χ2n) is 2.63. The van der Waals surface area contributed by atoms with Crippen LogP contribution in [0.4, 0.5) is 0 Å². The summed E-state index contributed by atoms with van der Waals surface area (Å²) in [4.78, 5) is 2.00. The quantitative estimate of drug-likeness (QED) is 0.546. The Morgan fingerprint density at radius 2 is 1.10 bits per heavy atom. The fraction of sp³-hybridized carbons (Fsp3) is 1.00. The molecule has 4 N–H and O–H groups in total. The van der Waals surface area contributed by atoms with E-state index in [0.29, 0.717) is 0 Å². The first-order chi connectivity index (χ1) is 4.65. The number of rotatable bonds is 3. The fourth-order valence-corrected chi connectivity index (χ4v) is 0.289. The highest BCUT2D eigenvalue weighted by Gasteiger charge is 1.75. The van der Waals surface area contributed by atoms with Gasteiger partial charge in [0, 0.05) is 0 Å². The number of nitrogens with two attached hydrogens (primary N) is 2. The van der Waals surface area contributed by atoms with Crippen molar-refractivity contribution in [3.63, 3.8) is 0 Å². The van der Waals surface area contributed by atoms with Crippen molar-refractivity contribution in [1.29, 1.82) is 0 Å². The topological polar surface area (TPSA) is 55.3 Å². The number of hydrogen-bond donors (Lipinski definition) is 2. The normalized spacial score (nSPS) is 9.00. The Labute approximate surface area is 64.4 Å². The molecule has 0 saturated heterocycles. The van der Waals surface area contributed by atoms with E-state index in [9.17, 15) is 0 Å². The molecule has 0 spiro atoms. The zero-order chi connectivity index (χ0) is 8.41. The minimum Gasteiger partial charge on any atom is -0.330 e. The molecule has 3 heteroatoms. The van der Waals surface area contributed by atoms with Gasteiger partial charge >= 0.3 is 0 Å². The van der Waals surface area contributed by atoms with Gasteiger partial charge < -0.3 is 16.4 Å². The van der Waals surface area contributed by atoms with Crippen LogP contribution in [0.5, 0.6) is 0 Å². The Kier molecular flexibility index (Phi) is 14.6. The van der Waals surface area contributed by atoms with E-state index in [1.807, 2.05) is 26.0 Å². The first-order valence-electron chi connectivity index (χ1n) is 3.66. The first kappa shape index (κ1) is 12.5. The monoisotopic (exact) mass is 147 g/mol. The highest BCUT2D eigenvalue weighted by atomic mass is 15.0. The van der Waals surface area contributed by atoms with Crippen molar-refractivity contribution in [1.82, 2.24) is 4.90 Å². The van der Waals surface area contributed by atoms with E-state index in [1.54, 1.807) is 0 Å². The fourth-order valence-electron chi connectivity index (χ4n) is 0.289. The highest BCUT2D eigenvalue weighted by molar-refractivity contribution is 4.38. The first-order valence-corrected chi connectivity index (χ1v) is 3.66. The SMILES string of the molecule is CN(C)C.NCCCCN. The summed E-state index contributed by atoms with van der Waals surface area (Å²) in [7, 11) is 6.00. The van der Waals surface area contributed by atoms with Crippen LogP contribution in [0.25, 0.3) is 0 Å². The summed E-state index contributed by atoms with van der Waals surface area (Å²) >= 11 is 0. The van der Waals surface area contributed by atoms with Gasteiger partial charge in [-0.2, -0.15) is 0 Å². The molecular formula is C7H21N3. The molecular weight excluding hydrogens is 126 g/mol. The molecule has 0 aromatic heterocycles. The van der Waals surface area contributed by atoms with E-state index in [-0.39, 0.29) is 0 Å². The van der Waals surface area contributed by atoms with Crippen molar-refractivity contribution >= 4 is 0 Å². The molecule has 0 aliphatic carbocycles. The minimum atomic E-state index is 0.775. The van der Waals surface area contributed by atoms with E-state index in [1.165, 1.54) is 0 Å². The Bertz CT molecular complexity index is 39.4. The minimum absolute atomic E-state index is 0.775. The average molecular weight is 147 g/mol. The van der Waals surface area contributed by atoms with E-state index >= 15 is 0 Å². The van der Waals surface area contributed by atoms with Crippen molar-refractivity contribution in [2.45, 2.75) is 12.8 Å². The zero-order valence-electron chi connectivity index (χ0n) is 7.43. The van der Waals surface area contributed by atoms with Gasteiger partial charge in [-0.3, -0.25) is 0 Å². The Hall–Kier alpha value is -0.120. The molecule has 0 radical (unpaired) electrons. The van der Waals surface area contributed by atoms with Crippen LogP contribution < -0.4 is 11.5 Å². The standard InChI is InChI=1S/C4H12N2.C3H9N/c5-3-1-2-4-6;1-4(2)3/h1-6H2;1-3H3. The van der Waals surface area contributed by atoms with Crippen LogP contribution in [0.3, 0.4) is 0 Å². The van der Waals surface area contributed by atoms with Gasteiger partial charge in [-0.05, 0) is 47.1 Å². The molecule has 10 heavy (non-hydrogen) atoms. The summed E-state index contributed by atoms with van der Waals surface area (Å²) < 4.78 is 0. The molecule has 0 heterocycles. The van der Waals surface area contributed by atoms with Gasteiger partial charge in [0.2, 0.25) is 0 Å². The maximum absolute atomic E-state index is 5.16. The van der Waals surface area contributed by atoms with E-state index in [0.717, 1.165) is 25.9 Å². The molecule has 0 aliphatic heterocycles. The zero-order valence-corrected chi connectivity index (χ0v) is 7.43. The van der Waals surface area contributed by atoms with Crippen LogP contribution in [-0.4, -0.2) is 39.1 Å². The van der Waals surface area contributed by atoms with Crippen LogP contribution >= 0.6 is 0 Å². The lowest BCUT2D eigenvalue weighted by Gasteiger charge is -1.90. The summed E-state index contributed by atoms with van der Waals surface area (Å²) in [5.41, 5.74) is 10.3. The molecule has 0 amide bonds. The van der Waals surface area contributed by atoms with Crippen LogP contribution in [0.1, 0.15) is 12.8 Å². The van der Waals surface area contributed by atoms with Gasteiger partial charge in [0.05, 0.1) is 0 Å². The van der Waals surface area contributed by atoms with Crippen molar-refractivity contribution < 1.29 is 0 Å². The number of unbranched alkanes of at least 4 members (excludes halogenated alkanes) is 1. The van der Waals surface area contributed by atoms with Gasteiger partial charge in [-0.25, -0.2) is 0 Å². The molecule has 0 rings (SSSR count). The van der Waals surface area contributed by atoms with E-state index in [2.05, 4.69) is 0 Å². The smallest absolute Gasteiger partial charge is 0.00768 e. The van der Waals surface area contributed by atoms with Crippen LogP contribution in [0.2, 0.25) is 0 Å². The predicted molar refractivity (Wildman–Crippen MR) is 47.0 cm³/mol. The lowest BCUT2D eigenvalue weighted by molar-refractivity contribution is 0.505.